The van der Waals surface area contributed by atoms with Gasteiger partial charge in [0.2, 0.25) is 0 Å². The Morgan fingerprint density at radius 1 is 1.53 bits per heavy atom. The first kappa shape index (κ1) is 10.7. The number of nitrogens with zero attached hydrogens (tertiary/aromatic N) is 2. The molecule has 2 heterocycles. The maximum atomic E-state index is 10.7. The molecule has 1 aromatic heterocycles. The van der Waals surface area contributed by atoms with Gasteiger partial charge in [-0.1, -0.05) is 0 Å². The maximum absolute atomic E-state index is 10.7. The molecule has 5 heteroatoms. The summed E-state index contributed by atoms with van der Waals surface area (Å²) < 4.78 is 5.27. The van der Waals surface area contributed by atoms with Crippen LogP contribution >= 0.6 is 11.3 Å². The van der Waals surface area contributed by atoms with E-state index in [1.54, 1.807) is 0 Å². The number of aldehydes is 1. The molecule has 0 N–H and O–H groups in total. The van der Waals surface area contributed by atoms with Crippen LogP contribution in [0, 0.1) is 6.92 Å². The van der Waals surface area contributed by atoms with Crippen LogP contribution in [0.3, 0.4) is 0 Å². The molecule has 0 radical (unpaired) electrons. The number of aromatic nitrogens is 1. The van der Waals surface area contributed by atoms with Gasteiger partial charge in [-0.3, -0.25) is 9.69 Å². The first-order valence-electron chi connectivity index (χ1n) is 5.01. The van der Waals surface area contributed by atoms with E-state index in [0.717, 1.165) is 54.7 Å². The number of aryl methyl sites for hydroxylation is 1. The molecule has 15 heavy (non-hydrogen) atoms. The smallest absolute Gasteiger partial charge is 0.161 e. The van der Waals surface area contributed by atoms with Crippen LogP contribution in [0.15, 0.2) is 0 Å². The number of hydrogen-bond donors (Lipinski definition) is 0. The summed E-state index contributed by atoms with van der Waals surface area (Å²) in [5.74, 6) is 0. The summed E-state index contributed by atoms with van der Waals surface area (Å²) in [7, 11) is 0. The molecule has 0 amide bonds. The number of rotatable bonds is 3. The van der Waals surface area contributed by atoms with E-state index in [1.165, 1.54) is 11.3 Å². The van der Waals surface area contributed by atoms with Gasteiger partial charge in [-0.2, -0.15) is 0 Å². The highest BCUT2D eigenvalue weighted by molar-refractivity contribution is 7.13. The van der Waals surface area contributed by atoms with Gasteiger partial charge in [0, 0.05) is 13.1 Å². The topological polar surface area (TPSA) is 42.4 Å². The van der Waals surface area contributed by atoms with Crippen LogP contribution in [0.5, 0.6) is 0 Å². The third-order valence-corrected chi connectivity index (χ3v) is 3.51. The lowest BCUT2D eigenvalue weighted by Gasteiger charge is -2.25. The van der Waals surface area contributed by atoms with Gasteiger partial charge >= 0.3 is 0 Å². The summed E-state index contributed by atoms with van der Waals surface area (Å²) >= 11 is 1.49. The van der Waals surface area contributed by atoms with Crippen LogP contribution in [0.1, 0.15) is 20.4 Å². The van der Waals surface area contributed by atoms with Gasteiger partial charge in [0.1, 0.15) is 5.01 Å². The lowest BCUT2D eigenvalue weighted by molar-refractivity contribution is 0.0341. The molecule has 1 aliphatic rings. The van der Waals surface area contributed by atoms with Crippen molar-refractivity contribution in [2.45, 2.75) is 13.5 Å². The predicted molar refractivity (Wildman–Crippen MR) is 58.3 cm³/mol. The van der Waals surface area contributed by atoms with E-state index < -0.39 is 0 Å². The van der Waals surface area contributed by atoms with Crippen LogP contribution in [-0.4, -0.2) is 42.5 Å². The Labute approximate surface area is 92.9 Å². The van der Waals surface area contributed by atoms with E-state index in [1.807, 2.05) is 6.92 Å². The van der Waals surface area contributed by atoms with Crippen molar-refractivity contribution in [1.29, 1.82) is 0 Å². The second kappa shape index (κ2) is 4.83. The number of carbonyl (C=O) groups excluding carboxylic acids is 1. The minimum absolute atomic E-state index is 0.748. The average Bonchev–Trinajstić information content (AvgIpc) is 2.60. The minimum Gasteiger partial charge on any atom is -0.379 e. The number of carbonyl (C=O) groups is 1. The fourth-order valence-electron chi connectivity index (χ4n) is 1.59. The molecule has 2 rings (SSSR count). The molecule has 0 bridgehead atoms. The van der Waals surface area contributed by atoms with Crippen LogP contribution in [0.4, 0.5) is 0 Å². The summed E-state index contributed by atoms with van der Waals surface area (Å²) in [6, 6.07) is 0. The van der Waals surface area contributed by atoms with Crippen molar-refractivity contribution >= 4 is 17.6 Å². The normalized spacial score (nSPS) is 17.9. The van der Waals surface area contributed by atoms with E-state index in [4.69, 9.17) is 4.74 Å². The number of ether oxygens (including phenoxy) is 1. The molecule has 4 nitrogen and oxygen atoms in total. The molecule has 1 aromatic rings. The Bertz CT molecular complexity index is 345. The summed E-state index contributed by atoms with van der Waals surface area (Å²) in [5.41, 5.74) is 0.846. The second-order valence-corrected chi connectivity index (χ2v) is 4.68. The standard InChI is InChI=1S/C10H14N2O2S/c1-8-9(7-13)15-10(11-8)6-12-2-4-14-5-3-12/h7H,2-6H2,1H3. The van der Waals surface area contributed by atoms with E-state index in [0.29, 0.717) is 0 Å². The molecule has 0 atom stereocenters. The quantitative estimate of drug-likeness (QED) is 0.724. The monoisotopic (exact) mass is 226 g/mol. The van der Waals surface area contributed by atoms with E-state index in [9.17, 15) is 4.79 Å². The third kappa shape index (κ3) is 2.62. The lowest BCUT2D eigenvalue weighted by Crippen LogP contribution is -2.35. The van der Waals surface area contributed by atoms with Crippen LogP contribution in [0.2, 0.25) is 0 Å². The van der Waals surface area contributed by atoms with Gasteiger partial charge in [-0.15, -0.1) is 11.3 Å². The second-order valence-electron chi connectivity index (χ2n) is 3.56. The molecule has 1 aliphatic heterocycles. The van der Waals surface area contributed by atoms with Crippen molar-refractivity contribution in [2.24, 2.45) is 0 Å². The van der Waals surface area contributed by atoms with Crippen LogP contribution in [0.25, 0.3) is 0 Å². The summed E-state index contributed by atoms with van der Waals surface area (Å²) in [4.78, 5) is 18.1. The van der Waals surface area contributed by atoms with Gasteiger partial charge in [0.15, 0.2) is 6.29 Å². The Balaban J connectivity index is 2.00. The van der Waals surface area contributed by atoms with Crippen LogP contribution < -0.4 is 0 Å². The van der Waals surface area contributed by atoms with Crippen molar-refractivity contribution in [2.75, 3.05) is 26.3 Å². The van der Waals surface area contributed by atoms with Gasteiger partial charge in [-0.25, -0.2) is 4.98 Å². The first-order valence-corrected chi connectivity index (χ1v) is 5.83. The highest BCUT2D eigenvalue weighted by Gasteiger charge is 2.14. The lowest BCUT2D eigenvalue weighted by atomic mass is 10.4. The Kier molecular flexibility index (Phi) is 3.45. The highest BCUT2D eigenvalue weighted by Crippen LogP contribution is 2.17. The van der Waals surface area contributed by atoms with E-state index >= 15 is 0 Å². The summed E-state index contributed by atoms with van der Waals surface area (Å²) in [5, 5.41) is 1.02. The zero-order chi connectivity index (χ0) is 10.7. The summed E-state index contributed by atoms with van der Waals surface area (Å²) in [6.45, 7) is 6.21. The molecular weight excluding hydrogens is 212 g/mol. The van der Waals surface area contributed by atoms with Crippen molar-refractivity contribution < 1.29 is 9.53 Å². The highest BCUT2D eigenvalue weighted by atomic mass is 32.1. The number of hydrogen-bond acceptors (Lipinski definition) is 5. The molecular formula is C10H14N2O2S. The molecule has 82 valence electrons. The molecule has 0 aliphatic carbocycles. The molecule has 0 spiro atoms. The maximum Gasteiger partial charge on any atom is 0.161 e. The van der Waals surface area contributed by atoms with Gasteiger partial charge in [0.05, 0.1) is 30.3 Å². The number of thiazole rings is 1. The van der Waals surface area contributed by atoms with Crippen molar-refractivity contribution in [1.82, 2.24) is 9.88 Å². The zero-order valence-electron chi connectivity index (χ0n) is 8.73. The molecule has 0 aromatic carbocycles. The van der Waals surface area contributed by atoms with Crippen molar-refractivity contribution in [3.63, 3.8) is 0 Å². The Hall–Kier alpha value is -0.780. The predicted octanol–water partition coefficient (Wildman–Crippen LogP) is 1.10. The van der Waals surface area contributed by atoms with Gasteiger partial charge in [0.25, 0.3) is 0 Å². The van der Waals surface area contributed by atoms with Crippen molar-refractivity contribution in [3.8, 4) is 0 Å². The summed E-state index contributed by atoms with van der Waals surface area (Å²) in [6.07, 6.45) is 0.885. The van der Waals surface area contributed by atoms with Gasteiger partial charge in [-0.05, 0) is 6.92 Å². The van der Waals surface area contributed by atoms with E-state index in [-0.39, 0.29) is 0 Å². The first-order chi connectivity index (χ1) is 7.29. The fraction of sp³-hybridized carbons (Fsp3) is 0.600. The molecule has 1 saturated heterocycles. The van der Waals surface area contributed by atoms with Crippen molar-refractivity contribution in [3.05, 3.63) is 15.6 Å². The minimum atomic E-state index is 0.748. The zero-order valence-corrected chi connectivity index (χ0v) is 9.55. The SMILES string of the molecule is Cc1nc(CN2CCOCC2)sc1C=O. The van der Waals surface area contributed by atoms with Gasteiger partial charge < -0.3 is 4.74 Å². The van der Waals surface area contributed by atoms with Crippen LogP contribution in [-0.2, 0) is 11.3 Å². The third-order valence-electron chi connectivity index (χ3n) is 2.45. The molecule has 1 fully saturated rings. The Morgan fingerprint density at radius 2 is 2.27 bits per heavy atom. The fourth-order valence-corrected chi connectivity index (χ4v) is 2.52. The average molecular weight is 226 g/mol. The molecule has 0 saturated carbocycles. The molecule has 0 unspecified atom stereocenters. The largest absolute Gasteiger partial charge is 0.379 e. The van der Waals surface area contributed by atoms with E-state index in [2.05, 4.69) is 9.88 Å². The number of morpholine rings is 1. The Morgan fingerprint density at radius 3 is 2.87 bits per heavy atom.